The van der Waals surface area contributed by atoms with Gasteiger partial charge in [-0.2, -0.15) is 13.2 Å². The number of hydrogen-bond donors (Lipinski definition) is 0. The van der Waals surface area contributed by atoms with Crippen molar-refractivity contribution < 1.29 is 32.2 Å². The lowest BCUT2D eigenvalue weighted by Crippen LogP contribution is -2.38. The summed E-state index contributed by atoms with van der Waals surface area (Å²) in [5, 5.41) is 0. The zero-order chi connectivity index (χ0) is 19.0. The Morgan fingerprint density at radius 3 is 2.24 bits per heavy atom. The van der Waals surface area contributed by atoms with Gasteiger partial charge in [0.05, 0.1) is 18.6 Å². The minimum absolute atomic E-state index is 0.107. The number of amides is 1. The van der Waals surface area contributed by atoms with Gasteiger partial charge >= 0.3 is 12.1 Å². The number of carbonyl (C=O) groups excluding carboxylic acids is 2. The molecule has 0 N–H and O–H groups in total. The van der Waals surface area contributed by atoms with E-state index in [9.17, 15) is 22.8 Å². The molecule has 0 spiro atoms. The maximum absolute atomic E-state index is 12.6. The van der Waals surface area contributed by atoms with E-state index >= 15 is 0 Å². The van der Waals surface area contributed by atoms with Crippen molar-refractivity contribution >= 4 is 11.9 Å². The third-order valence-corrected chi connectivity index (χ3v) is 3.62. The van der Waals surface area contributed by atoms with Gasteiger partial charge < -0.3 is 14.4 Å². The minimum atomic E-state index is -4.46. The van der Waals surface area contributed by atoms with E-state index in [-0.39, 0.29) is 12.1 Å². The molecular formula is C17H22F3NO4. The number of nitrogens with zero attached hydrogens (tertiary/aromatic N) is 1. The second kappa shape index (κ2) is 9.41. The van der Waals surface area contributed by atoms with Gasteiger partial charge in [-0.15, -0.1) is 0 Å². The zero-order valence-corrected chi connectivity index (χ0v) is 14.4. The Bertz CT molecular complexity index is 572. The number of alkyl halides is 3. The second-order valence-electron chi connectivity index (χ2n) is 5.60. The zero-order valence-electron chi connectivity index (χ0n) is 14.4. The van der Waals surface area contributed by atoms with Crippen molar-refractivity contribution in [2.45, 2.75) is 19.5 Å². The van der Waals surface area contributed by atoms with Gasteiger partial charge in [-0.25, -0.2) is 0 Å². The van der Waals surface area contributed by atoms with Crippen LogP contribution in [0.1, 0.15) is 29.3 Å². The Hall–Kier alpha value is -2.09. The molecule has 0 aliphatic heterocycles. The molecule has 1 unspecified atom stereocenters. The molecule has 25 heavy (non-hydrogen) atoms. The van der Waals surface area contributed by atoms with E-state index in [0.29, 0.717) is 19.6 Å². The number of esters is 1. The van der Waals surface area contributed by atoms with Crippen LogP contribution in [0.25, 0.3) is 0 Å². The quantitative estimate of drug-likeness (QED) is 0.528. The molecule has 0 aromatic heterocycles. The van der Waals surface area contributed by atoms with Crippen LogP contribution < -0.4 is 0 Å². The van der Waals surface area contributed by atoms with Crippen molar-refractivity contribution in [2.75, 3.05) is 33.9 Å². The molecule has 140 valence electrons. The first-order valence-electron chi connectivity index (χ1n) is 7.74. The van der Waals surface area contributed by atoms with Gasteiger partial charge in [0.15, 0.2) is 0 Å². The van der Waals surface area contributed by atoms with E-state index < -0.39 is 29.5 Å². The topological polar surface area (TPSA) is 55.8 Å². The van der Waals surface area contributed by atoms with Gasteiger partial charge in [-0.1, -0.05) is 6.92 Å². The summed E-state index contributed by atoms with van der Waals surface area (Å²) in [6, 6.07) is 4.00. The summed E-state index contributed by atoms with van der Waals surface area (Å²) in [5.74, 6) is -1.46. The highest BCUT2D eigenvalue weighted by Gasteiger charge is 2.30. The van der Waals surface area contributed by atoms with Gasteiger partial charge in [-0.05, 0) is 30.7 Å². The second-order valence-corrected chi connectivity index (χ2v) is 5.60. The van der Waals surface area contributed by atoms with Crippen molar-refractivity contribution in [3.8, 4) is 0 Å². The van der Waals surface area contributed by atoms with Crippen molar-refractivity contribution in [1.29, 1.82) is 0 Å². The molecule has 0 saturated heterocycles. The molecule has 8 heteroatoms. The Morgan fingerprint density at radius 2 is 1.76 bits per heavy atom. The molecule has 0 fully saturated rings. The van der Waals surface area contributed by atoms with Crippen LogP contribution in [0.3, 0.4) is 0 Å². The maximum atomic E-state index is 12.6. The largest absolute Gasteiger partial charge is 0.469 e. The Labute approximate surface area is 144 Å². The fraction of sp³-hybridized carbons (Fsp3) is 0.529. The lowest BCUT2D eigenvalue weighted by Gasteiger charge is -2.25. The number of ether oxygens (including phenoxy) is 2. The number of rotatable bonds is 8. The summed E-state index contributed by atoms with van der Waals surface area (Å²) < 4.78 is 47.5. The molecule has 1 atom stereocenters. The van der Waals surface area contributed by atoms with Crippen LogP contribution in [0.4, 0.5) is 13.2 Å². The van der Waals surface area contributed by atoms with Gasteiger partial charge in [-0.3, -0.25) is 9.59 Å². The van der Waals surface area contributed by atoms with Crippen LogP contribution >= 0.6 is 0 Å². The van der Waals surface area contributed by atoms with Crippen LogP contribution in [0, 0.1) is 5.92 Å². The average Bonchev–Trinajstić information content (AvgIpc) is 2.58. The highest BCUT2D eigenvalue weighted by Crippen LogP contribution is 2.29. The third-order valence-electron chi connectivity index (χ3n) is 3.62. The van der Waals surface area contributed by atoms with Gasteiger partial charge in [0.25, 0.3) is 5.91 Å². The van der Waals surface area contributed by atoms with Crippen LogP contribution in [0.15, 0.2) is 24.3 Å². The average molecular weight is 361 g/mol. The van der Waals surface area contributed by atoms with Gasteiger partial charge in [0.2, 0.25) is 0 Å². The molecule has 0 radical (unpaired) electrons. The lowest BCUT2D eigenvalue weighted by molar-refractivity contribution is -0.145. The monoisotopic (exact) mass is 361 g/mol. The number of hydrogen-bond acceptors (Lipinski definition) is 4. The SMILES string of the molecule is COCCCN(CC(C)C(=O)OC)C(=O)c1ccc(C(F)(F)F)cc1. The Kier molecular flexibility index (Phi) is 7.89. The van der Waals surface area contributed by atoms with Gasteiger partial charge in [0, 0.05) is 32.4 Å². The van der Waals surface area contributed by atoms with Crippen molar-refractivity contribution in [3.63, 3.8) is 0 Å². The van der Waals surface area contributed by atoms with E-state index in [1.54, 1.807) is 6.92 Å². The Morgan fingerprint density at radius 1 is 1.16 bits per heavy atom. The first kappa shape index (κ1) is 21.0. The van der Waals surface area contributed by atoms with E-state index in [2.05, 4.69) is 4.74 Å². The van der Waals surface area contributed by atoms with Crippen LogP contribution in [-0.4, -0.2) is 50.7 Å². The molecule has 1 aromatic carbocycles. The molecular weight excluding hydrogens is 339 g/mol. The predicted molar refractivity (Wildman–Crippen MR) is 85.0 cm³/mol. The first-order valence-corrected chi connectivity index (χ1v) is 7.74. The van der Waals surface area contributed by atoms with Crippen molar-refractivity contribution in [2.24, 2.45) is 5.92 Å². The minimum Gasteiger partial charge on any atom is -0.469 e. The molecule has 1 amide bonds. The first-order chi connectivity index (χ1) is 11.7. The molecule has 1 rings (SSSR count). The highest BCUT2D eigenvalue weighted by molar-refractivity contribution is 5.94. The lowest BCUT2D eigenvalue weighted by atomic mass is 10.1. The third kappa shape index (κ3) is 6.38. The summed E-state index contributed by atoms with van der Waals surface area (Å²) in [4.78, 5) is 25.6. The van der Waals surface area contributed by atoms with Crippen molar-refractivity contribution in [1.82, 2.24) is 4.90 Å². The molecule has 1 aromatic rings. The normalized spacial score (nSPS) is 12.6. The van der Waals surface area contributed by atoms with E-state index in [0.717, 1.165) is 24.3 Å². The van der Waals surface area contributed by atoms with E-state index in [1.807, 2.05) is 0 Å². The van der Waals surface area contributed by atoms with Crippen LogP contribution in [0.2, 0.25) is 0 Å². The maximum Gasteiger partial charge on any atom is 0.416 e. The molecule has 0 bridgehead atoms. The fourth-order valence-corrected chi connectivity index (χ4v) is 2.27. The highest BCUT2D eigenvalue weighted by atomic mass is 19.4. The molecule has 0 saturated carbocycles. The van der Waals surface area contributed by atoms with Gasteiger partial charge in [0.1, 0.15) is 0 Å². The van der Waals surface area contributed by atoms with E-state index in [4.69, 9.17) is 4.74 Å². The summed E-state index contributed by atoms with van der Waals surface area (Å²) in [6.45, 7) is 2.46. The number of carbonyl (C=O) groups is 2. The summed E-state index contributed by atoms with van der Waals surface area (Å²) in [7, 11) is 2.78. The van der Waals surface area contributed by atoms with Crippen molar-refractivity contribution in [3.05, 3.63) is 35.4 Å². The van der Waals surface area contributed by atoms with Crippen LogP contribution in [0.5, 0.6) is 0 Å². The predicted octanol–water partition coefficient (Wildman–Crippen LogP) is 2.99. The molecule has 0 aliphatic carbocycles. The van der Waals surface area contributed by atoms with Crippen LogP contribution in [-0.2, 0) is 20.4 Å². The summed E-state index contributed by atoms with van der Waals surface area (Å²) in [5.41, 5.74) is -0.694. The molecule has 5 nitrogen and oxygen atoms in total. The summed E-state index contributed by atoms with van der Waals surface area (Å²) >= 11 is 0. The fourth-order valence-electron chi connectivity index (χ4n) is 2.27. The molecule has 0 heterocycles. The number of methoxy groups -OCH3 is 2. The van der Waals surface area contributed by atoms with E-state index in [1.165, 1.54) is 19.1 Å². The molecule has 0 aliphatic rings. The smallest absolute Gasteiger partial charge is 0.416 e. The number of halogens is 3. The standard InChI is InChI=1S/C17H22F3NO4/c1-12(16(23)25-3)11-21(9-4-10-24-2)15(22)13-5-7-14(8-6-13)17(18,19)20/h5-8,12H,4,9-11H2,1-3H3. The Balaban J connectivity index is 2.91. The number of benzene rings is 1. The summed E-state index contributed by atoms with van der Waals surface area (Å²) in [6.07, 6.45) is -3.92.